The fourth-order valence-corrected chi connectivity index (χ4v) is 3.26. The molecular formula is C13H21N3O2. The number of nitrogens with one attached hydrogen (secondary N) is 1. The highest BCUT2D eigenvalue weighted by Gasteiger charge is 2.42. The third kappa shape index (κ3) is 2.06. The predicted molar refractivity (Wildman–Crippen MR) is 66.9 cm³/mol. The van der Waals surface area contributed by atoms with E-state index in [-0.39, 0.29) is 17.9 Å². The van der Waals surface area contributed by atoms with Crippen molar-refractivity contribution < 1.29 is 9.59 Å². The first-order chi connectivity index (χ1) is 8.56. The highest BCUT2D eigenvalue weighted by atomic mass is 16.2. The summed E-state index contributed by atoms with van der Waals surface area (Å²) in [4.78, 5) is 27.1. The maximum Gasteiger partial charge on any atom is 0.246 e. The maximum absolute atomic E-state index is 11.8. The number of likely N-dealkylation sites (tertiary alicyclic amines) is 2. The zero-order chi connectivity index (χ0) is 12.9. The van der Waals surface area contributed by atoms with Gasteiger partial charge in [0.25, 0.3) is 0 Å². The first kappa shape index (κ1) is 12.1. The number of carbonyl (C=O) groups excluding carboxylic acids is 2. The lowest BCUT2D eigenvalue weighted by Crippen LogP contribution is -2.44. The molecule has 0 bridgehead atoms. The number of rotatable bonds is 3. The van der Waals surface area contributed by atoms with Gasteiger partial charge in [0.15, 0.2) is 0 Å². The zero-order valence-electron chi connectivity index (χ0n) is 11.1. The topological polar surface area (TPSA) is 52.7 Å². The zero-order valence-corrected chi connectivity index (χ0v) is 11.1. The Balaban J connectivity index is 1.58. The molecule has 18 heavy (non-hydrogen) atoms. The summed E-state index contributed by atoms with van der Waals surface area (Å²) >= 11 is 0. The summed E-state index contributed by atoms with van der Waals surface area (Å²) in [6.45, 7) is 3.28. The molecule has 3 fully saturated rings. The fraction of sp³-hybridized carbons (Fsp3) is 0.846. The third-order valence-corrected chi connectivity index (χ3v) is 4.46. The molecule has 0 aromatic carbocycles. The highest BCUT2D eigenvalue weighted by molar-refractivity contribution is 6.05. The molecule has 3 unspecified atom stereocenters. The summed E-state index contributed by atoms with van der Waals surface area (Å²) in [5.74, 6) is -0.139. The van der Waals surface area contributed by atoms with Crippen LogP contribution in [-0.2, 0) is 9.59 Å². The molecule has 2 amide bonds. The molecule has 1 saturated carbocycles. The van der Waals surface area contributed by atoms with Crippen LogP contribution in [0.4, 0.5) is 0 Å². The molecule has 0 aromatic heterocycles. The minimum absolute atomic E-state index is 0.0670. The SMILES string of the molecule is CC1CC(NC2CC(=O)N(C)C2=O)CN1C1CC1. The predicted octanol–water partition coefficient (Wildman–Crippen LogP) is -0.0415. The summed E-state index contributed by atoms with van der Waals surface area (Å²) in [6.07, 6.45) is 4.04. The van der Waals surface area contributed by atoms with E-state index >= 15 is 0 Å². The van der Waals surface area contributed by atoms with E-state index in [1.807, 2.05) is 0 Å². The van der Waals surface area contributed by atoms with E-state index < -0.39 is 0 Å². The van der Waals surface area contributed by atoms with E-state index in [4.69, 9.17) is 0 Å². The molecule has 0 spiro atoms. The number of hydrogen-bond acceptors (Lipinski definition) is 4. The van der Waals surface area contributed by atoms with E-state index in [2.05, 4.69) is 17.1 Å². The molecule has 2 saturated heterocycles. The molecule has 5 heteroatoms. The summed E-state index contributed by atoms with van der Waals surface area (Å²) < 4.78 is 0. The Kier molecular flexibility index (Phi) is 2.90. The van der Waals surface area contributed by atoms with E-state index in [9.17, 15) is 9.59 Å². The molecule has 100 valence electrons. The Labute approximate surface area is 107 Å². The monoisotopic (exact) mass is 251 g/mol. The van der Waals surface area contributed by atoms with Crippen LogP contribution in [0.3, 0.4) is 0 Å². The van der Waals surface area contributed by atoms with Gasteiger partial charge in [-0.2, -0.15) is 0 Å². The Bertz CT molecular complexity index is 380. The lowest BCUT2D eigenvalue weighted by Gasteiger charge is -2.20. The number of nitrogens with zero attached hydrogens (tertiary/aromatic N) is 2. The molecule has 2 aliphatic heterocycles. The maximum atomic E-state index is 11.8. The molecule has 3 atom stereocenters. The number of hydrogen-bond donors (Lipinski definition) is 1. The van der Waals surface area contributed by atoms with Crippen LogP contribution < -0.4 is 5.32 Å². The minimum atomic E-state index is -0.293. The molecule has 1 N–H and O–H groups in total. The first-order valence-corrected chi connectivity index (χ1v) is 6.88. The molecule has 1 aliphatic carbocycles. The van der Waals surface area contributed by atoms with Crippen LogP contribution in [0.15, 0.2) is 0 Å². The van der Waals surface area contributed by atoms with Gasteiger partial charge >= 0.3 is 0 Å². The van der Waals surface area contributed by atoms with Gasteiger partial charge in [0.1, 0.15) is 0 Å². The lowest BCUT2D eigenvalue weighted by atomic mass is 10.1. The molecule has 5 nitrogen and oxygen atoms in total. The molecule has 3 aliphatic rings. The van der Waals surface area contributed by atoms with Crippen LogP contribution in [0.1, 0.15) is 32.6 Å². The highest BCUT2D eigenvalue weighted by Crippen LogP contribution is 2.33. The van der Waals surface area contributed by atoms with Crippen molar-refractivity contribution in [2.24, 2.45) is 0 Å². The van der Waals surface area contributed by atoms with Gasteiger partial charge < -0.3 is 5.32 Å². The molecule has 2 heterocycles. The van der Waals surface area contributed by atoms with Crippen molar-refractivity contribution in [2.45, 2.75) is 56.8 Å². The van der Waals surface area contributed by atoms with Gasteiger partial charge in [0.05, 0.1) is 12.5 Å². The van der Waals surface area contributed by atoms with Gasteiger partial charge in [-0.25, -0.2) is 0 Å². The van der Waals surface area contributed by atoms with E-state index in [1.165, 1.54) is 17.7 Å². The Morgan fingerprint density at radius 2 is 2.00 bits per heavy atom. The van der Waals surface area contributed by atoms with Gasteiger partial charge in [-0.1, -0.05) is 0 Å². The minimum Gasteiger partial charge on any atom is -0.301 e. The Morgan fingerprint density at radius 1 is 1.28 bits per heavy atom. The van der Waals surface area contributed by atoms with Crippen LogP contribution in [0.2, 0.25) is 0 Å². The molecule has 3 rings (SSSR count). The van der Waals surface area contributed by atoms with Gasteiger partial charge in [0.2, 0.25) is 11.8 Å². The summed E-state index contributed by atoms with van der Waals surface area (Å²) in [6, 6.07) is 1.43. The van der Waals surface area contributed by atoms with Gasteiger partial charge in [-0.3, -0.25) is 19.4 Å². The van der Waals surface area contributed by atoms with Crippen molar-refractivity contribution in [1.29, 1.82) is 0 Å². The average molecular weight is 251 g/mol. The Morgan fingerprint density at radius 3 is 2.56 bits per heavy atom. The molecular weight excluding hydrogens is 230 g/mol. The van der Waals surface area contributed by atoms with Crippen molar-refractivity contribution >= 4 is 11.8 Å². The van der Waals surface area contributed by atoms with E-state index in [1.54, 1.807) is 7.05 Å². The second-order valence-corrected chi connectivity index (χ2v) is 5.92. The van der Waals surface area contributed by atoms with Crippen molar-refractivity contribution in [3.8, 4) is 0 Å². The number of imide groups is 1. The largest absolute Gasteiger partial charge is 0.301 e. The summed E-state index contributed by atoms with van der Waals surface area (Å²) in [5.41, 5.74) is 0. The van der Waals surface area contributed by atoms with Crippen LogP contribution in [0, 0.1) is 0 Å². The van der Waals surface area contributed by atoms with Gasteiger partial charge in [-0.15, -0.1) is 0 Å². The van der Waals surface area contributed by atoms with Crippen LogP contribution in [0.25, 0.3) is 0 Å². The van der Waals surface area contributed by atoms with Crippen molar-refractivity contribution in [1.82, 2.24) is 15.1 Å². The number of carbonyl (C=O) groups is 2. The van der Waals surface area contributed by atoms with Crippen LogP contribution in [0.5, 0.6) is 0 Å². The quantitative estimate of drug-likeness (QED) is 0.715. The normalized spacial score (nSPS) is 37.9. The Hall–Kier alpha value is -0.940. The van der Waals surface area contributed by atoms with E-state index in [0.29, 0.717) is 18.5 Å². The standard InChI is InChI=1S/C13H21N3O2/c1-8-5-9(7-16(8)10-3-4-10)14-11-6-12(17)15(2)13(11)18/h8-11,14H,3-7H2,1-2H3. The van der Waals surface area contributed by atoms with Crippen molar-refractivity contribution in [3.05, 3.63) is 0 Å². The lowest BCUT2D eigenvalue weighted by molar-refractivity contribution is -0.137. The smallest absolute Gasteiger partial charge is 0.246 e. The van der Waals surface area contributed by atoms with Crippen LogP contribution in [-0.4, -0.2) is 59.4 Å². The fourth-order valence-electron chi connectivity index (χ4n) is 3.26. The average Bonchev–Trinajstić information content (AvgIpc) is 3.06. The van der Waals surface area contributed by atoms with Gasteiger partial charge in [-0.05, 0) is 26.2 Å². The van der Waals surface area contributed by atoms with Crippen molar-refractivity contribution in [2.75, 3.05) is 13.6 Å². The van der Waals surface area contributed by atoms with E-state index in [0.717, 1.165) is 19.0 Å². The first-order valence-electron chi connectivity index (χ1n) is 6.88. The van der Waals surface area contributed by atoms with Gasteiger partial charge in [0, 0.05) is 31.7 Å². The summed E-state index contributed by atoms with van der Waals surface area (Å²) in [5, 5.41) is 3.38. The second kappa shape index (κ2) is 4.31. The molecule has 0 radical (unpaired) electrons. The number of likely N-dealkylation sites (N-methyl/N-ethyl adjacent to an activating group) is 1. The summed E-state index contributed by atoms with van der Waals surface area (Å²) in [7, 11) is 1.57. The van der Waals surface area contributed by atoms with Crippen LogP contribution >= 0.6 is 0 Å². The molecule has 0 aromatic rings. The number of amides is 2. The second-order valence-electron chi connectivity index (χ2n) is 5.92. The van der Waals surface area contributed by atoms with Crippen molar-refractivity contribution in [3.63, 3.8) is 0 Å². The third-order valence-electron chi connectivity index (χ3n) is 4.46.